The van der Waals surface area contributed by atoms with Gasteiger partial charge in [0.2, 0.25) is 0 Å². The van der Waals surface area contributed by atoms with E-state index in [0.717, 1.165) is 11.3 Å². The number of nitrogens with zero attached hydrogens (tertiary/aromatic N) is 2. The average molecular weight is 250 g/mol. The Morgan fingerprint density at radius 2 is 1.88 bits per heavy atom. The monoisotopic (exact) mass is 250 g/mol. The van der Waals surface area contributed by atoms with Crippen LogP contribution >= 0.6 is 0 Å². The van der Waals surface area contributed by atoms with E-state index in [9.17, 15) is 8.42 Å². The summed E-state index contributed by atoms with van der Waals surface area (Å²) in [6, 6.07) is 11.7. The lowest BCUT2D eigenvalue weighted by Crippen LogP contribution is -2.12. The summed E-state index contributed by atoms with van der Waals surface area (Å²) in [6.07, 6.45) is 2.92. The normalized spacial score (nSPS) is 11.6. The van der Waals surface area contributed by atoms with Crippen LogP contribution in [-0.2, 0) is 16.4 Å². The summed E-state index contributed by atoms with van der Waals surface area (Å²) in [6.45, 7) is 0.385. The number of aromatic nitrogens is 2. The standard InChI is InChI=1S/C12H14N2O2S/c1-17(15,16)10-9-14-12(7-8-13-14)11-5-3-2-4-6-11/h2-8H,9-10H2,1H3. The second-order valence-electron chi connectivity index (χ2n) is 3.94. The number of hydrogen-bond acceptors (Lipinski definition) is 3. The molecule has 0 spiro atoms. The number of benzene rings is 1. The minimum absolute atomic E-state index is 0.106. The van der Waals surface area contributed by atoms with Crippen LogP contribution in [0.25, 0.3) is 11.3 Å². The van der Waals surface area contributed by atoms with E-state index in [1.165, 1.54) is 6.26 Å². The molecule has 0 saturated heterocycles. The van der Waals surface area contributed by atoms with Crippen molar-refractivity contribution < 1.29 is 8.42 Å². The predicted molar refractivity (Wildman–Crippen MR) is 67.4 cm³/mol. The van der Waals surface area contributed by atoms with E-state index >= 15 is 0 Å². The third kappa shape index (κ3) is 3.17. The molecule has 2 rings (SSSR count). The molecular weight excluding hydrogens is 236 g/mol. The molecule has 1 aromatic heterocycles. The lowest BCUT2D eigenvalue weighted by atomic mass is 10.1. The molecule has 0 saturated carbocycles. The van der Waals surface area contributed by atoms with Gasteiger partial charge in [0.15, 0.2) is 0 Å². The fourth-order valence-corrected chi connectivity index (χ4v) is 2.12. The summed E-state index contributed by atoms with van der Waals surface area (Å²) in [4.78, 5) is 0. The van der Waals surface area contributed by atoms with Crippen molar-refractivity contribution in [1.82, 2.24) is 9.78 Å². The van der Waals surface area contributed by atoms with Gasteiger partial charge in [-0.15, -0.1) is 0 Å². The zero-order valence-corrected chi connectivity index (χ0v) is 10.4. The average Bonchev–Trinajstić information content (AvgIpc) is 2.75. The van der Waals surface area contributed by atoms with Crippen molar-refractivity contribution in [2.45, 2.75) is 6.54 Å². The first-order chi connectivity index (χ1) is 8.06. The van der Waals surface area contributed by atoms with Gasteiger partial charge in [-0.2, -0.15) is 5.10 Å². The van der Waals surface area contributed by atoms with E-state index in [1.54, 1.807) is 10.9 Å². The molecule has 1 aromatic carbocycles. The Kier molecular flexibility index (Phi) is 3.28. The molecule has 17 heavy (non-hydrogen) atoms. The van der Waals surface area contributed by atoms with Crippen molar-refractivity contribution in [3.8, 4) is 11.3 Å². The van der Waals surface area contributed by atoms with Crippen LogP contribution in [0.15, 0.2) is 42.6 Å². The second kappa shape index (κ2) is 4.71. The number of hydrogen-bond donors (Lipinski definition) is 0. The molecule has 4 nitrogen and oxygen atoms in total. The maximum atomic E-state index is 11.1. The molecule has 1 heterocycles. The molecule has 0 unspecified atom stereocenters. The maximum Gasteiger partial charge on any atom is 0.149 e. The zero-order valence-electron chi connectivity index (χ0n) is 9.57. The third-order valence-corrected chi connectivity index (χ3v) is 3.38. The van der Waals surface area contributed by atoms with Gasteiger partial charge in [0.25, 0.3) is 0 Å². The first kappa shape index (κ1) is 11.9. The first-order valence-corrected chi connectivity index (χ1v) is 7.37. The fourth-order valence-electron chi connectivity index (χ4n) is 1.62. The molecule has 0 amide bonds. The summed E-state index contributed by atoms with van der Waals surface area (Å²) in [5.41, 5.74) is 1.98. The van der Waals surface area contributed by atoms with Crippen molar-refractivity contribution in [2.75, 3.05) is 12.0 Å². The lowest BCUT2D eigenvalue weighted by molar-refractivity contribution is 0.587. The second-order valence-corrected chi connectivity index (χ2v) is 6.20. The Hall–Kier alpha value is -1.62. The Morgan fingerprint density at radius 3 is 2.53 bits per heavy atom. The summed E-state index contributed by atoms with van der Waals surface area (Å²) >= 11 is 0. The van der Waals surface area contributed by atoms with E-state index in [2.05, 4.69) is 5.10 Å². The smallest absolute Gasteiger partial charge is 0.149 e. The molecule has 0 atom stereocenters. The number of sulfone groups is 1. The largest absolute Gasteiger partial charge is 0.264 e. The zero-order chi connectivity index (χ0) is 12.3. The van der Waals surface area contributed by atoms with E-state index in [1.807, 2.05) is 36.4 Å². The molecule has 5 heteroatoms. The third-order valence-electron chi connectivity index (χ3n) is 2.46. The van der Waals surface area contributed by atoms with Crippen molar-refractivity contribution in [3.05, 3.63) is 42.6 Å². The van der Waals surface area contributed by atoms with E-state index in [0.29, 0.717) is 6.54 Å². The van der Waals surface area contributed by atoms with Crippen LogP contribution in [0.5, 0.6) is 0 Å². The van der Waals surface area contributed by atoms with Gasteiger partial charge in [-0.3, -0.25) is 4.68 Å². The summed E-state index contributed by atoms with van der Waals surface area (Å²) in [5.74, 6) is 0.106. The Labute approximate surface area is 101 Å². The highest BCUT2D eigenvalue weighted by molar-refractivity contribution is 7.90. The number of rotatable bonds is 4. The maximum absolute atomic E-state index is 11.1. The highest BCUT2D eigenvalue weighted by atomic mass is 32.2. The van der Waals surface area contributed by atoms with Crippen molar-refractivity contribution in [2.24, 2.45) is 0 Å². The summed E-state index contributed by atoms with van der Waals surface area (Å²) in [7, 11) is -2.96. The predicted octanol–water partition coefficient (Wildman–Crippen LogP) is 1.59. The number of aryl methyl sites for hydroxylation is 1. The highest BCUT2D eigenvalue weighted by Crippen LogP contribution is 2.17. The van der Waals surface area contributed by atoms with Crippen LogP contribution in [-0.4, -0.2) is 30.2 Å². The van der Waals surface area contributed by atoms with Crippen LogP contribution in [0.1, 0.15) is 0 Å². The summed E-state index contributed by atoms with van der Waals surface area (Å²) < 4.78 is 24.0. The molecular formula is C12H14N2O2S. The molecule has 0 N–H and O–H groups in total. The van der Waals surface area contributed by atoms with Crippen molar-refractivity contribution >= 4 is 9.84 Å². The van der Waals surface area contributed by atoms with Gasteiger partial charge in [-0.25, -0.2) is 8.42 Å². The molecule has 2 aromatic rings. The molecule has 90 valence electrons. The summed E-state index contributed by atoms with van der Waals surface area (Å²) in [5, 5.41) is 4.15. The minimum atomic E-state index is -2.96. The van der Waals surface area contributed by atoms with Gasteiger partial charge >= 0.3 is 0 Å². The van der Waals surface area contributed by atoms with Gasteiger partial charge in [0, 0.05) is 12.5 Å². The minimum Gasteiger partial charge on any atom is -0.264 e. The van der Waals surface area contributed by atoms with Crippen molar-refractivity contribution in [1.29, 1.82) is 0 Å². The molecule has 0 aliphatic rings. The molecule has 0 aliphatic heterocycles. The fraction of sp³-hybridized carbons (Fsp3) is 0.250. The quantitative estimate of drug-likeness (QED) is 0.828. The van der Waals surface area contributed by atoms with Gasteiger partial charge in [0.05, 0.1) is 18.0 Å². The van der Waals surface area contributed by atoms with Crippen molar-refractivity contribution in [3.63, 3.8) is 0 Å². The van der Waals surface area contributed by atoms with Gasteiger partial charge in [0.1, 0.15) is 9.84 Å². The topological polar surface area (TPSA) is 52.0 Å². The Morgan fingerprint density at radius 1 is 1.18 bits per heavy atom. The Balaban J connectivity index is 2.24. The van der Waals surface area contributed by atoms with Crippen LogP contribution in [0.4, 0.5) is 0 Å². The van der Waals surface area contributed by atoms with Crippen LogP contribution < -0.4 is 0 Å². The van der Waals surface area contributed by atoms with Gasteiger partial charge < -0.3 is 0 Å². The SMILES string of the molecule is CS(=O)(=O)CCn1nccc1-c1ccccc1. The molecule has 0 radical (unpaired) electrons. The van der Waals surface area contributed by atoms with E-state index in [4.69, 9.17) is 0 Å². The van der Waals surface area contributed by atoms with Crippen LogP contribution in [0.2, 0.25) is 0 Å². The first-order valence-electron chi connectivity index (χ1n) is 5.31. The molecule has 0 bridgehead atoms. The van der Waals surface area contributed by atoms with Gasteiger partial charge in [-0.05, 0) is 11.6 Å². The van der Waals surface area contributed by atoms with E-state index in [-0.39, 0.29) is 5.75 Å². The Bertz CT molecular complexity index is 588. The van der Waals surface area contributed by atoms with Crippen LogP contribution in [0, 0.1) is 0 Å². The highest BCUT2D eigenvalue weighted by Gasteiger charge is 2.08. The van der Waals surface area contributed by atoms with Crippen LogP contribution in [0.3, 0.4) is 0 Å². The lowest BCUT2D eigenvalue weighted by Gasteiger charge is -2.06. The van der Waals surface area contributed by atoms with E-state index < -0.39 is 9.84 Å². The molecule has 0 aliphatic carbocycles. The molecule has 0 fully saturated rings. The van der Waals surface area contributed by atoms with Gasteiger partial charge in [-0.1, -0.05) is 30.3 Å².